The predicted octanol–water partition coefficient (Wildman–Crippen LogP) is 2.75. The molecule has 1 N–H and O–H groups in total. The first-order valence-corrected chi connectivity index (χ1v) is 5.75. The Bertz CT molecular complexity index is 632. The quantitative estimate of drug-likeness (QED) is 0.882. The monoisotopic (exact) mass is 288 g/mol. The largest absolute Gasteiger partial charge is 0.464 e. The molecular formula is C13H11F3O4. The molecule has 1 unspecified atom stereocenters. The minimum Gasteiger partial charge on any atom is -0.464 e. The third-order valence-corrected chi connectivity index (χ3v) is 2.85. The van der Waals surface area contributed by atoms with Crippen LogP contribution in [0.25, 0.3) is 11.0 Å². The summed E-state index contributed by atoms with van der Waals surface area (Å²) in [5, 5.41) is 9.95. The van der Waals surface area contributed by atoms with Crippen molar-refractivity contribution in [2.24, 2.45) is 0 Å². The van der Waals surface area contributed by atoms with Crippen LogP contribution in [0.1, 0.15) is 12.5 Å². The van der Waals surface area contributed by atoms with E-state index in [0.29, 0.717) is 0 Å². The molecule has 1 heterocycles. The molecule has 20 heavy (non-hydrogen) atoms. The van der Waals surface area contributed by atoms with Crippen molar-refractivity contribution in [2.45, 2.75) is 18.7 Å². The number of hydrogen-bond acceptors (Lipinski definition) is 4. The Kier molecular flexibility index (Phi) is 3.47. The van der Waals surface area contributed by atoms with Gasteiger partial charge in [-0.3, -0.25) is 0 Å². The van der Waals surface area contributed by atoms with Gasteiger partial charge in [0.05, 0.1) is 18.4 Å². The lowest BCUT2D eigenvalue weighted by molar-refractivity contribution is -0.267. The Morgan fingerprint density at radius 2 is 2.00 bits per heavy atom. The average Bonchev–Trinajstić information content (AvgIpc) is 2.80. The van der Waals surface area contributed by atoms with Gasteiger partial charge in [-0.15, -0.1) is 0 Å². The maximum atomic E-state index is 13.2. The fourth-order valence-corrected chi connectivity index (χ4v) is 1.87. The van der Waals surface area contributed by atoms with Crippen molar-refractivity contribution in [1.29, 1.82) is 0 Å². The van der Waals surface area contributed by atoms with E-state index in [9.17, 15) is 23.1 Å². The van der Waals surface area contributed by atoms with Crippen LogP contribution < -0.4 is 0 Å². The lowest BCUT2D eigenvalue weighted by atomic mass is 9.92. The lowest BCUT2D eigenvalue weighted by Crippen LogP contribution is -2.50. The number of ether oxygens (including phenoxy) is 1. The average molecular weight is 288 g/mol. The highest BCUT2D eigenvalue weighted by Crippen LogP contribution is 2.43. The van der Waals surface area contributed by atoms with E-state index in [0.717, 1.165) is 6.26 Å². The van der Waals surface area contributed by atoms with E-state index in [1.165, 1.54) is 25.1 Å². The second kappa shape index (κ2) is 4.82. The molecule has 0 saturated carbocycles. The highest BCUT2D eigenvalue weighted by Gasteiger charge is 2.63. The number of carbonyl (C=O) groups is 1. The molecular weight excluding hydrogens is 277 g/mol. The van der Waals surface area contributed by atoms with Gasteiger partial charge in [0.2, 0.25) is 0 Å². The topological polar surface area (TPSA) is 59.7 Å². The highest BCUT2D eigenvalue weighted by atomic mass is 19.4. The van der Waals surface area contributed by atoms with E-state index in [-0.39, 0.29) is 17.6 Å². The normalized spacial score (nSPS) is 15.1. The van der Waals surface area contributed by atoms with Gasteiger partial charge < -0.3 is 14.3 Å². The van der Waals surface area contributed by atoms with Crippen LogP contribution in [0.5, 0.6) is 0 Å². The summed E-state index contributed by atoms with van der Waals surface area (Å²) in [5.41, 5.74) is -4.30. The molecule has 108 valence electrons. The molecule has 0 radical (unpaired) electrons. The zero-order valence-electron chi connectivity index (χ0n) is 10.4. The Labute approximate surface area is 111 Å². The van der Waals surface area contributed by atoms with Gasteiger partial charge in [0, 0.05) is 5.39 Å². The van der Waals surface area contributed by atoms with Gasteiger partial charge in [-0.1, -0.05) is 18.2 Å². The molecule has 0 aliphatic rings. The number of halogens is 3. The third-order valence-electron chi connectivity index (χ3n) is 2.85. The minimum atomic E-state index is -5.23. The molecule has 0 fully saturated rings. The standard InChI is InChI=1S/C13H11F3O4/c1-2-19-11(17)12(18,13(14,15)16)9-7-20-10-6-4-3-5-8(9)10/h3-7,18H,2H2,1H3. The summed E-state index contributed by atoms with van der Waals surface area (Å²) in [5.74, 6) is -1.78. The van der Waals surface area contributed by atoms with E-state index in [1.807, 2.05) is 0 Å². The SMILES string of the molecule is CCOC(=O)C(O)(c1coc2ccccc12)C(F)(F)F. The number of fused-ring (bicyclic) bond motifs is 1. The van der Waals surface area contributed by atoms with Crippen molar-refractivity contribution in [2.75, 3.05) is 6.61 Å². The maximum Gasteiger partial charge on any atom is 0.432 e. The molecule has 4 nitrogen and oxygen atoms in total. The van der Waals surface area contributed by atoms with E-state index in [1.54, 1.807) is 6.07 Å². The Hall–Kier alpha value is -2.02. The van der Waals surface area contributed by atoms with Crippen LogP contribution in [0.15, 0.2) is 34.9 Å². The fraction of sp³-hybridized carbons (Fsp3) is 0.308. The first-order chi connectivity index (χ1) is 9.32. The molecule has 0 spiro atoms. The first kappa shape index (κ1) is 14.4. The Balaban J connectivity index is 2.66. The summed E-state index contributed by atoms with van der Waals surface area (Å²) >= 11 is 0. The smallest absolute Gasteiger partial charge is 0.432 e. The van der Waals surface area contributed by atoms with Crippen LogP contribution in [-0.2, 0) is 15.1 Å². The number of esters is 1. The zero-order chi connectivity index (χ0) is 15.0. The number of hydrogen-bond donors (Lipinski definition) is 1. The van der Waals surface area contributed by atoms with Gasteiger partial charge in [-0.05, 0) is 13.0 Å². The van der Waals surface area contributed by atoms with Crippen LogP contribution in [0.3, 0.4) is 0 Å². The molecule has 0 amide bonds. The van der Waals surface area contributed by atoms with Crippen molar-refractivity contribution in [3.8, 4) is 0 Å². The Morgan fingerprint density at radius 3 is 2.60 bits per heavy atom. The van der Waals surface area contributed by atoms with Gasteiger partial charge >= 0.3 is 12.1 Å². The van der Waals surface area contributed by atoms with Gasteiger partial charge in [0.15, 0.2) is 0 Å². The second-order valence-electron chi connectivity index (χ2n) is 4.07. The number of rotatable bonds is 3. The third kappa shape index (κ3) is 2.03. The van der Waals surface area contributed by atoms with Gasteiger partial charge in [0.25, 0.3) is 5.60 Å². The number of furan rings is 1. The van der Waals surface area contributed by atoms with Gasteiger partial charge in [0.1, 0.15) is 5.58 Å². The van der Waals surface area contributed by atoms with Gasteiger partial charge in [-0.25, -0.2) is 4.79 Å². The number of para-hydroxylation sites is 1. The van der Waals surface area contributed by atoms with Crippen LogP contribution in [0, 0.1) is 0 Å². The van der Waals surface area contributed by atoms with E-state index in [4.69, 9.17) is 4.42 Å². The molecule has 2 aromatic rings. The number of carbonyl (C=O) groups excluding carboxylic acids is 1. The zero-order valence-corrected chi connectivity index (χ0v) is 10.4. The molecule has 1 aromatic carbocycles. The molecule has 0 aliphatic heterocycles. The summed E-state index contributed by atoms with van der Waals surface area (Å²) in [6.45, 7) is 1.06. The molecule has 1 aromatic heterocycles. The maximum absolute atomic E-state index is 13.2. The Morgan fingerprint density at radius 1 is 1.35 bits per heavy atom. The van der Waals surface area contributed by atoms with Crippen molar-refractivity contribution in [1.82, 2.24) is 0 Å². The molecule has 0 saturated heterocycles. The summed E-state index contributed by atoms with van der Waals surface area (Å²) in [6.07, 6.45) is -4.51. The molecule has 0 bridgehead atoms. The van der Waals surface area contributed by atoms with Crippen molar-refractivity contribution >= 4 is 16.9 Å². The number of benzene rings is 1. The van der Waals surface area contributed by atoms with Crippen LogP contribution >= 0.6 is 0 Å². The first-order valence-electron chi connectivity index (χ1n) is 5.75. The van der Waals surface area contributed by atoms with Crippen molar-refractivity contribution < 1.29 is 32.2 Å². The molecule has 7 heteroatoms. The van der Waals surface area contributed by atoms with Crippen molar-refractivity contribution in [3.63, 3.8) is 0 Å². The van der Waals surface area contributed by atoms with E-state index in [2.05, 4.69) is 4.74 Å². The number of alkyl halides is 3. The lowest BCUT2D eigenvalue weighted by Gasteiger charge is -2.27. The van der Waals surface area contributed by atoms with Crippen molar-refractivity contribution in [3.05, 3.63) is 36.1 Å². The predicted molar refractivity (Wildman–Crippen MR) is 62.8 cm³/mol. The summed E-state index contributed by atoms with van der Waals surface area (Å²) < 4.78 is 48.8. The van der Waals surface area contributed by atoms with E-state index >= 15 is 0 Å². The van der Waals surface area contributed by atoms with Crippen LogP contribution in [0.4, 0.5) is 13.2 Å². The summed E-state index contributed by atoms with van der Waals surface area (Å²) in [7, 11) is 0. The molecule has 1 atom stereocenters. The highest BCUT2D eigenvalue weighted by molar-refractivity contribution is 5.91. The molecule has 0 aliphatic carbocycles. The van der Waals surface area contributed by atoms with E-state index < -0.39 is 23.3 Å². The number of aliphatic hydroxyl groups is 1. The summed E-state index contributed by atoms with van der Waals surface area (Å²) in [4.78, 5) is 11.6. The fourth-order valence-electron chi connectivity index (χ4n) is 1.87. The summed E-state index contributed by atoms with van der Waals surface area (Å²) in [6, 6.07) is 5.79. The van der Waals surface area contributed by atoms with Crippen LogP contribution in [0.2, 0.25) is 0 Å². The van der Waals surface area contributed by atoms with Crippen LogP contribution in [-0.4, -0.2) is 23.9 Å². The second-order valence-corrected chi connectivity index (χ2v) is 4.07. The minimum absolute atomic E-state index is 0.000350. The van der Waals surface area contributed by atoms with Gasteiger partial charge in [-0.2, -0.15) is 13.2 Å². The molecule has 2 rings (SSSR count).